The van der Waals surface area contributed by atoms with Gasteiger partial charge in [-0.25, -0.2) is 4.79 Å². The van der Waals surface area contributed by atoms with Gasteiger partial charge in [-0.1, -0.05) is 30.3 Å². The van der Waals surface area contributed by atoms with Gasteiger partial charge in [-0.15, -0.1) is 0 Å². The van der Waals surface area contributed by atoms with Gasteiger partial charge in [-0.3, -0.25) is 25.2 Å². The Balaban J connectivity index is 1.85. The van der Waals surface area contributed by atoms with Crippen LogP contribution in [0.15, 0.2) is 54.6 Å². The second-order valence-electron chi connectivity index (χ2n) is 8.60. The van der Waals surface area contributed by atoms with Gasteiger partial charge in [0.15, 0.2) is 0 Å². The zero-order chi connectivity index (χ0) is 25.8. The molecule has 2 aromatic carbocycles. The average Bonchev–Trinajstić information content (AvgIpc) is 2.80. The van der Waals surface area contributed by atoms with E-state index in [4.69, 9.17) is 4.74 Å². The first kappa shape index (κ1) is 27.0. The van der Waals surface area contributed by atoms with Gasteiger partial charge in [0.05, 0.1) is 18.8 Å². The molecule has 0 aliphatic carbocycles. The Hall–Kier alpha value is -4.28. The van der Waals surface area contributed by atoms with Crippen molar-refractivity contribution >= 4 is 29.5 Å². The van der Waals surface area contributed by atoms with Crippen molar-refractivity contribution in [2.24, 2.45) is 0 Å². The van der Waals surface area contributed by atoms with Crippen LogP contribution < -0.4 is 26.8 Å². The maximum atomic E-state index is 12.7. The van der Waals surface area contributed by atoms with Gasteiger partial charge in [-0.2, -0.15) is 0 Å². The summed E-state index contributed by atoms with van der Waals surface area (Å²) in [6.45, 7) is 4.37. The smallest absolute Gasteiger partial charge is 0.408 e. The average molecular weight is 486 g/mol. The summed E-state index contributed by atoms with van der Waals surface area (Å²) >= 11 is 0. The Kier molecular flexibility index (Phi) is 9.88. The molecular formula is C24H31N5O6. The van der Waals surface area contributed by atoms with E-state index in [2.05, 4.69) is 26.8 Å². The van der Waals surface area contributed by atoms with E-state index in [-0.39, 0.29) is 18.7 Å². The highest BCUT2D eigenvalue weighted by atomic mass is 16.6. The number of hydrazine groups is 1. The second-order valence-corrected chi connectivity index (χ2v) is 8.60. The van der Waals surface area contributed by atoms with Crippen molar-refractivity contribution in [1.29, 1.82) is 0 Å². The molecule has 0 saturated carbocycles. The van der Waals surface area contributed by atoms with E-state index in [0.717, 1.165) is 0 Å². The summed E-state index contributed by atoms with van der Waals surface area (Å²) in [5, 5.41) is 16.8. The number of para-hydroxylation sites is 1. The van der Waals surface area contributed by atoms with Crippen LogP contribution in [-0.4, -0.2) is 53.7 Å². The van der Waals surface area contributed by atoms with Crippen LogP contribution in [0.25, 0.3) is 0 Å². The summed E-state index contributed by atoms with van der Waals surface area (Å²) in [7, 11) is 0. The molecule has 0 bridgehead atoms. The number of benzene rings is 2. The number of phenolic OH excluding ortho intramolecular Hbond substituents is 1. The number of ether oxygens (including phenoxy) is 1. The predicted octanol–water partition coefficient (Wildman–Crippen LogP) is 1.20. The van der Waals surface area contributed by atoms with Crippen LogP contribution in [0, 0.1) is 0 Å². The third-order valence-corrected chi connectivity index (χ3v) is 4.37. The molecule has 2 aromatic rings. The van der Waals surface area contributed by atoms with Gasteiger partial charge < -0.3 is 25.8 Å². The van der Waals surface area contributed by atoms with Crippen molar-refractivity contribution in [2.45, 2.75) is 38.8 Å². The van der Waals surface area contributed by atoms with Gasteiger partial charge in [-0.05, 0) is 50.6 Å². The Labute approximate surface area is 203 Å². The largest absolute Gasteiger partial charge is 0.508 e. The van der Waals surface area contributed by atoms with Gasteiger partial charge in [0, 0.05) is 6.42 Å². The van der Waals surface area contributed by atoms with Crippen molar-refractivity contribution < 1.29 is 29.0 Å². The summed E-state index contributed by atoms with van der Waals surface area (Å²) < 4.78 is 5.22. The minimum absolute atomic E-state index is 0.0644. The van der Waals surface area contributed by atoms with E-state index in [1.165, 1.54) is 12.1 Å². The molecular weight excluding hydrogens is 454 g/mol. The lowest BCUT2D eigenvalue weighted by atomic mass is 10.1. The monoisotopic (exact) mass is 485 g/mol. The number of nitrogens with one attached hydrogen (secondary N) is 5. The zero-order valence-corrected chi connectivity index (χ0v) is 19.9. The number of hydrogen-bond acceptors (Lipinski definition) is 7. The van der Waals surface area contributed by atoms with Gasteiger partial charge >= 0.3 is 6.09 Å². The summed E-state index contributed by atoms with van der Waals surface area (Å²) in [6.07, 6.45) is -0.691. The van der Waals surface area contributed by atoms with E-state index in [9.17, 15) is 24.3 Å². The summed E-state index contributed by atoms with van der Waals surface area (Å²) in [5.41, 5.74) is 5.73. The Bertz CT molecular complexity index is 1010. The highest BCUT2D eigenvalue weighted by molar-refractivity contribution is 5.91. The number of hydrogen-bond donors (Lipinski definition) is 6. The molecule has 6 N–H and O–H groups in total. The predicted molar refractivity (Wildman–Crippen MR) is 129 cm³/mol. The molecule has 1 atom stereocenters. The normalized spacial score (nSPS) is 11.5. The molecule has 11 heteroatoms. The number of aromatic hydroxyl groups is 1. The minimum Gasteiger partial charge on any atom is -0.508 e. The number of anilines is 1. The van der Waals surface area contributed by atoms with Gasteiger partial charge in [0.25, 0.3) is 5.91 Å². The van der Waals surface area contributed by atoms with E-state index in [1.807, 2.05) is 6.07 Å². The molecule has 0 unspecified atom stereocenters. The number of amides is 4. The fourth-order valence-corrected chi connectivity index (χ4v) is 2.77. The molecule has 0 heterocycles. The fourth-order valence-electron chi connectivity index (χ4n) is 2.77. The maximum absolute atomic E-state index is 12.7. The Morgan fingerprint density at radius 3 is 2.14 bits per heavy atom. The molecule has 35 heavy (non-hydrogen) atoms. The number of phenols is 1. The van der Waals surface area contributed by atoms with Crippen molar-refractivity contribution in [3.05, 3.63) is 60.2 Å². The van der Waals surface area contributed by atoms with E-state index in [1.54, 1.807) is 57.2 Å². The summed E-state index contributed by atoms with van der Waals surface area (Å²) in [4.78, 5) is 48.9. The quantitative estimate of drug-likeness (QED) is 0.276. The molecule has 0 radical (unpaired) electrons. The zero-order valence-electron chi connectivity index (χ0n) is 19.9. The van der Waals surface area contributed by atoms with Crippen molar-refractivity contribution in [3.63, 3.8) is 0 Å². The molecule has 11 nitrogen and oxygen atoms in total. The van der Waals surface area contributed by atoms with Crippen LogP contribution in [0.2, 0.25) is 0 Å². The Morgan fingerprint density at radius 2 is 1.51 bits per heavy atom. The lowest BCUT2D eigenvalue weighted by Gasteiger charge is -2.23. The van der Waals surface area contributed by atoms with Gasteiger partial charge in [0.1, 0.15) is 17.4 Å². The number of carbonyl (C=O) groups is 4. The van der Waals surface area contributed by atoms with E-state index >= 15 is 0 Å². The minimum atomic E-state index is -1.04. The van der Waals surface area contributed by atoms with Crippen LogP contribution in [-0.2, 0) is 25.5 Å². The molecule has 188 valence electrons. The first-order valence-electron chi connectivity index (χ1n) is 10.9. The standard InChI is InChI=1S/C24H31N5O6/c1-24(2,3)35-23(34)27-19(13-16-9-11-18(30)12-10-16)22(33)26-14-20(31)25-15-21(32)29-28-17-7-5-4-6-8-17/h4-12,19,28,30H,13-15H2,1-3H3,(H,25,31)(H,26,33)(H,27,34)(H,29,32)/t19-/m0/s1. The molecule has 0 aliphatic heterocycles. The second kappa shape index (κ2) is 12.8. The van der Waals surface area contributed by atoms with Crippen molar-refractivity contribution in [2.75, 3.05) is 18.5 Å². The first-order valence-corrected chi connectivity index (χ1v) is 10.9. The topological polar surface area (TPSA) is 158 Å². The summed E-state index contributed by atoms with van der Waals surface area (Å²) in [5.74, 6) is -1.62. The van der Waals surface area contributed by atoms with Crippen LogP contribution in [0.1, 0.15) is 26.3 Å². The van der Waals surface area contributed by atoms with E-state index < -0.39 is 42.0 Å². The lowest BCUT2D eigenvalue weighted by molar-refractivity contribution is -0.128. The fraction of sp³-hybridized carbons (Fsp3) is 0.333. The van der Waals surface area contributed by atoms with Crippen LogP contribution >= 0.6 is 0 Å². The molecule has 0 aromatic heterocycles. The molecule has 0 saturated heterocycles. The highest BCUT2D eigenvalue weighted by Crippen LogP contribution is 2.12. The third kappa shape index (κ3) is 10.9. The van der Waals surface area contributed by atoms with Crippen molar-refractivity contribution in [3.8, 4) is 5.75 Å². The molecule has 0 spiro atoms. The Morgan fingerprint density at radius 1 is 0.886 bits per heavy atom. The van der Waals surface area contributed by atoms with Crippen LogP contribution in [0.4, 0.5) is 10.5 Å². The summed E-state index contributed by atoms with van der Waals surface area (Å²) in [6, 6.07) is 14.0. The van der Waals surface area contributed by atoms with Crippen molar-refractivity contribution in [1.82, 2.24) is 21.4 Å². The van der Waals surface area contributed by atoms with Crippen LogP contribution in [0.3, 0.4) is 0 Å². The molecule has 0 fully saturated rings. The lowest BCUT2D eigenvalue weighted by Crippen LogP contribution is -2.51. The van der Waals surface area contributed by atoms with Crippen LogP contribution in [0.5, 0.6) is 5.75 Å². The SMILES string of the molecule is CC(C)(C)OC(=O)N[C@@H](Cc1ccc(O)cc1)C(=O)NCC(=O)NCC(=O)NNc1ccccc1. The number of carbonyl (C=O) groups excluding carboxylic acids is 4. The number of rotatable bonds is 10. The number of alkyl carbamates (subject to hydrolysis) is 1. The first-order chi connectivity index (χ1) is 16.5. The molecule has 4 amide bonds. The van der Waals surface area contributed by atoms with Gasteiger partial charge in [0.2, 0.25) is 11.8 Å². The molecule has 0 aliphatic rings. The maximum Gasteiger partial charge on any atom is 0.408 e. The van der Waals surface area contributed by atoms with E-state index in [0.29, 0.717) is 11.3 Å². The molecule has 2 rings (SSSR count). The third-order valence-electron chi connectivity index (χ3n) is 4.37. The highest BCUT2D eigenvalue weighted by Gasteiger charge is 2.25.